The van der Waals surface area contributed by atoms with Crippen molar-refractivity contribution in [3.63, 3.8) is 0 Å². The first-order valence-electron chi connectivity index (χ1n) is 6.28. The maximum atomic E-state index is 10.8. The van der Waals surface area contributed by atoms with E-state index in [4.69, 9.17) is 5.73 Å². The van der Waals surface area contributed by atoms with Gasteiger partial charge in [-0.05, 0) is 25.7 Å². The van der Waals surface area contributed by atoms with Crippen molar-refractivity contribution in [1.29, 1.82) is 0 Å². The highest BCUT2D eigenvalue weighted by Gasteiger charge is 2.24. The van der Waals surface area contributed by atoms with Gasteiger partial charge in [-0.25, -0.2) is 0 Å². The van der Waals surface area contributed by atoms with Gasteiger partial charge in [0.25, 0.3) is 0 Å². The van der Waals surface area contributed by atoms with Crippen LogP contribution in [-0.2, 0) is 4.79 Å². The third-order valence-corrected chi connectivity index (χ3v) is 3.40. The Balaban J connectivity index is 2.44. The second kappa shape index (κ2) is 6.86. The van der Waals surface area contributed by atoms with Crippen molar-refractivity contribution < 1.29 is 9.90 Å². The van der Waals surface area contributed by atoms with E-state index in [0.29, 0.717) is 18.4 Å². The molecule has 1 aliphatic carbocycles. The average molecular weight is 228 g/mol. The summed E-state index contributed by atoms with van der Waals surface area (Å²) < 4.78 is 0. The summed E-state index contributed by atoms with van der Waals surface area (Å²) in [7, 11) is 0. The van der Waals surface area contributed by atoms with Crippen LogP contribution in [0.5, 0.6) is 0 Å². The molecule has 1 amide bonds. The molecule has 16 heavy (non-hydrogen) atoms. The van der Waals surface area contributed by atoms with Gasteiger partial charge in [0.15, 0.2) is 0 Å². The number of rotatable bonds is 5. The molecular formula is C12H24N2O2. The molecule has 4 N–H and O–H groups in total. The highest BCUT2D eigenvalue weighted by atomic mass is 16.3. The van der Waals surface area contributed by atoms with Gasteiger partial charge in [0.05, 0.1) is 0 Å². The molecule has 0 radical (unpaired) electrons. The topological polar surface area (TPSA) is 75.4 Å². The van der Waals surface area contributed by atoms with E-state index < -0.39 is 0 Å². The largest absolute Gasteiger partial charge is 0.396 e. The SMILES string of the molecule is CC(CC(N)=O)NC1CCCCCC1CO. The summed E-state index contributed by atoms with van der Waals surface area (Å²) in [4.78, 5) is 10.8. The summed E-state index contributed by atoms with van der Waals surface area (Å²) in [5, 5.41) is 12.8. The van der Waals surface area contributed by atoms with E-state index in [0.717, 1.165) is 12.8 Å². The molecule has 1 fully saturated rings. The zero-order chi connectivity index (χ0) is 12.0. The first kappa shape index (κ1) is 13.5. The van der Waals surface area contributed by atoms with E-state index in [-0.39, 0.29) is 18.6 Å². The third kappa shape index (κ3) is 4.49. The van der Waals surface area contributed by atoms with Gasteiger partial charge in [0.2, 0.25) is 5.91 Å². The van der Waals surface area contributed by atoms with Crippen LogP contribution >= 0.6 is 0 Å². The third-order valence-electron chi connectivity index (χ3n) is 3.40. The molecule has 0 saturated heterocycles. The van der Waals surface area contributed by atoms with E-state index in [9.17, 15) is 9.90 Å². The summed E-state index contributed by atoms with van der Waals surface area (Å²) in [6, 6.07) is 0.441. The summed E-state index contributed by atoms with van der Waals surface area (Å²) in [5.41, 5.74) is 5.17. The summed E-state index contributed by atoms with van der Waals surface area (Å²) in [6.07, 6.45) is 6.20. The Bertz CT molecular complexity index is 221. The standard InChI is InChI=1S/C12H24N2O2/c1-9(7-12(13)16)14-11-6-4-2-3-5-10(11)8-15/h9-11,14-15H,2-8H2,1H3,(H2,13,16). The molecule has 3 atom stereocenters. The molecule has 1 aliphatic rings. The summed E-state index contributed by atoms with van der Waals surface area (Å²) in [6.45, 7) is 2.21. The Labute approximate surface area is 97.6 Å². The first-order valence-corrected chi connectivity index (χ1v) is 6.28. The molecule has 0 heterocycles. The lowest BCUT2D eigenvalue weighted by molar-refractivity contribution is -0.118. The van der Waals surface area contributed by atoms with Gasteiger partial charge in [0.1, 0.15) is 0 Å². The lowest BCUT2D eigenvalue weighted by atomic mass is 9.94. The highest BCUT2D eigenvalue weighted by Crippen LogP contribution is 2.23. The number of carbonyl (C=O) groups excluding carboxylic acids is 1. The number of carbonyl (C=O) groups is 1. The van der Waals surface area contributed by atoms with Gasteiger partial charge in [-0.3, -0.25) is 4.79 Å². The number of amides is 1. The van der Waals surface area contributed by atoms with Crippen molar-refractivity contribution in [2.75, 3.05) is 6.61 Å². The monoisotopic (exact) mass is 228 g/mol. The predicted octanol–water partition coefficient (Wildman–Crippen LogP) is 0.781. The van der Waals surface area contributed by atoms with E-state index in [1.807, 2.05) is 6.92 Å². The van der Waals surface area contributed by atoms with Gasteiger partial charge in [0, 0.05) is 25.1 Å². The lowest BCUT2D eigenvalue weighted by Gasteiger charge is -2.27. The van der Waals surface area contributed by atoms with Crippen LogP contribution < -0.4 is 11.1 Å². The quantitative estimate of drug-likeness (QED) is 0.609. The molecule has 0 bridgehead atoms. The van der Waals surface area contributed by atoms with Gasteiger partial charge in [-0.1, -0.05) is 19.3 Å². The minimum atomic E-state index is -0.269. The number of hydrogen-bond donors (Lipinski definition) is 3. The van der Waals surface area contributed by atoms with E-state index >= 15 is 0 Å². The fraction of sp³-hybridized carbons (Fsp3) is 0.917. The number of nitrogens with two attached hydrogens (primary N) is 1. The molecule has 0 spiro atoms. The Hall–Kier alpha value is -0.610. The molecule has 0 aromatic carbocycles. The maximum absolute atomic E-state index is 10.8. The van der Waals surface area contributed by atoms with Crippen molar-refractivity contribution in [1.82, 2.24) is 5.32 Å². The smallest absolute Gasteiger partial charge is 0.218 e. The zero-order valence-electron chi connectivity index (χ0n) is 10.1. The van der Waals surface area contributed by atoms with Crippen LogP contribution in [0, 0.1) is 5.92 Å². The highest BCUT2D eigenvalue weighted by molar-refractivity contribution is 5.74. The zero-order valence-corrected chi connectivity index (χ0v) is 10.1. The van der Waals surface area contributed by atoms with Crippen LogP contribution in [0.3, 0.4) is 0 Å². The van der Waals surface area contributed by atoms with Gasteiger partial charge in [-0.15, -0.1) is 0 Å². The van der Waals surface area contributed by atoms with Crippen LogP contribution in [0.1, 0.15) is 45.4 Å². The fourth-order valence-corrected chi connectivity index (χ4v) is 2.55. The number of aliphatic hydroxyl groups is 1. The van der Waals surface area contributed by atoms with Crippen molar-refractivity contribution >= 4 is 5.91 Å². The van der Waals surface area contributed by atoms with Gasteiger partial charge in [-0.2, -0.15) is 0 Å². The number of aliphatic hydroxyl groups excluding tert-OH is 1. The number of hydrogen-bond acceptors (Lipinski definition) is 3. The fourth-order valence-electron chi connectivity index (χ4n) is 2.55. The molecule has 0 aromatic heterocycles. The summed E-state index contributed by atoms with van der Waals surface area (Å²) in [5.74, 6) is 0.0620. The van der Waals surface area contributed by atoms with E-state index in [1.54, 1.807) is 0 Å². The molecule has 1 rings (SSSR count). The second-order valence-corrected chi connectivity index (χ2v) is 4.93. The average Bonchev–Trinajstić information content (AvgIpc) is 2.41. The molecule has 4 heteroatoms. The minimum Gasteiger partial charge on any atom is -0.396 e. The van der Waals surface area contributed by atoms with Crippen LogP contribution in [0.25, 0.3) is 0 Å². The first-order chi connectivity index (χ1) is 7.63. The van der Waals surface area contributed by atoms with Crippen LogP contribution in [0.4, 0.5) is 0 Å². The van der Waals surface area contributed by atoms with Crippen LogP contribution in [0.2, 0.25) is 0 Å². The molecule has 4 nitrogen and oxygen atoms in total. The van der Waals surface area contributed by atoms with Crippen LogP contribution in [-0.4, -0.2) is 29.7 Å². The van der Waals surface area contributed by atoms with Crippen molar-refractivity contribution in [2.45, 2.75) is 57.5 Å². The van der Waals surface area contributed by atoms with E-state index in [2.05, 4.69) is 5.32 Å². The predicted molar refractivity (Wildman–Crippen MR) is 63.9 cm³/mol. The van der Waals surface area contributed by atoms with Gasteiger partial charge >= 0.3 is 0 Å². The Kier molecular flexibility index (Phi) is 5.77. The Morgan fingerprint density at radius 2 is 2.12 bits per heavy atom. The molecular weight excluding hydrogens is 204 g/mol. The molecule has 3 unspecified atom stereocenters. The molecule has 1 saturated carbocycles. The number of primary amides is 1. The van der Waals surface area contributed by atoms with E-state index in [1.165, 1.54) is 19.3 Å². The van der Waals surface area contributed by atoms with Gasteiger partial charge < -0.3 is 16.2 Å². The summed E-state index contributed by atoms with van der Waals surface area (Å²) >= 11 is 0. The van der Waals surface area contributed by atoms with Crippen molar-refractivity contribution in [2.24, 2.45) is 11.7 Å². The normalized spacial score (nSPS) is 28.4. The Morgan fingerprint density at radius 1 is 1.44 bits per heavy atom. The lowest BCUT2D eigenvalue weighted by Crippen LogP contribution is -2.43. The number of nitrogens with one attached hydrogen (secondary N) is 1. The minimum absolute atomic E-state index is 0.106. The maximum Gasteiger partial charge on any atom is 0.218 e. The molecule has 0 aromatic rings. The molecule has 0 aliphatic heterocycles. The van der Waals surface area contributed by atoms with Crippen molar-refractivity contribution in [3.8, 4) is 0 Å². The van der Waals surface area contributed by atoms with Crippen molar-refractivity contribution in [3.05, 3.63) is 0 Å². The molecule has 94 valence electrons. The Morgan fingerprint density at radius 3 is 2.75 bits per heavy atom. The van der Waals surface area contributed by atoms with Crippen LogP contribution in [0.15, 0.2) is 0 Å². The second-order valence-electron chi connectivity index (χ2n) is 4.93.